The molecule has 0 aliphatic carbocycles. The van der Waals surface area contributed by atoms with Gasteiger partial charge in [0.05, 0.1) is 23.7 Å². The Hall–Kier alpha value is -3.26. The second-order valence-corrected chi connectivity index (χ2v) is 5.21. The molecule has 0 saturated heterocycles. The number of allylic oxidation sites excluding steroid dienone is 1. The molecule has 0 aliphatic heterocycles. The zero-order valence-electron chi connectivity index (χ0n) is 12.8. The van der Waals surface area contributed by atoms with Crippen molar-refractivity contribution in [2.75, 3.05) is 7.11 Å². The Kier molecular flexibility index (Phi) is 3.73. The third-order valence-corrected chi connectivity index (χ3v) is 3.53. The highest BCUT2D eigenvalue weighted by molar-refractivity contribution is 5.90. The Bertz CT molecular complexity index is 949. The standard InChI is InChI=1S/C18H15N3O2/c1-11-3-5-14-15(7-11)21-18(20-14)13(10-19)8-12-4-6-17(23-2)16(22)9-12/h3-9,22H,1-2H3,(H,20,21)/b13-8-. The fourth-order valence-electron chi connectivity index (χ4n) is 2.37. The summed E-state index contributed by atoms with van der Waals surface area (Å²) in [5.41, 5.74) is 3.90. The number of aromatic nitrogens is 2. The van der Waals surface area contributed by atoms with Gasteiger partial charge in [-0.25, -0.2) is 4.98 Å². The summed E-state index contributed by atoms with van der Waals surface area (Å²) in [5, 5.41) is 19.3. The van der Waals surface area contributed by atoms with Gasteiger partial charge in [0, 0.05) is 0 Å². The number of hydrogen-bond donors (Lipinski definition) is 2. The fraction of sp³-hybridized carbons (Fsp3) is 0.111. The maximum Gasteiger partial charge on any atom is 0.160 e. The molecular weight excluding hydrogens is 290 g/mol. The van der Waals surface area contributed by atoms with Gasteiger partial charge in [-0.05, 0) is 48.4 Å². The van der Waals surface area contributed by atoms with E-state index >= 15 is 0 Å². The molecule has 0 atom stereocenters. The summed E-state index contributed by atoms with van der Waals surface area (Å²) >= 11 is 0. The minimum absolute atomic E-state index is 0.0266. The van der Waals surface area contributed by atoms with Crippen LogP contribution in [0.2, 0.25) is 0 Å². The first kappa shape index (κ1) is 14.7. The Morgan fingerprint density at radius 1 is 1.30 bits per heavy atom. The summed E-state index contributed by atoms with van der Waals surface area (Å²) in [6.07, 6.45) is 1.67. The van der Waals surface area contributed by atoms with Gasteiger partial charge >= 0.3 is 0 Å². The summed E-state index contributed by atoms with van der Waals surface area (Å²) in [7, 11) is 1.49. The number of phenolic OH excluding ortho intramolecular Hbond substituents is 1. The second kappa shape index (κ2) is 5.85. The van der Waals surface area contributed by atoms with Gasteiger partial charge in [0.1, 0.15) is 11.9 Å². The van der Waals surface area contributed by atoms with Gasteiger partial charge in [-0.3, -0.25) is 0 Å². The van der Waals surface area contributed by atoms with Crippen LogP contribution in [0.5, 0.6) is 11.5 Å². The summed E-state index contributed by atoms with van der Waals surface area (Å²) in [6, 6.07) is 13.0. The van der Waals surface area contributed by atoms with Crippen molar-refractivity contribution >= 4 is 22.7 Å². The number of H-pyrrole nitrogens is 1. The Labute approximate surface area is 133 Å². The van der Waals surface area contributed by atoms with Crippen molar-refractivity contribution in [1.82, 2.24) is 9.97 Å². The number of imidazole rings is 1. The first-order valence-electron chi connectivity index (χ1n) is 7.06. The molecule has 114 valence electrons. The number of methoxy groups -OCH3 is 1. The molecular formula is C18H15N3O2. The molecule has 5 nitrogen and oxygen atoms in total. The quantitative estimate of drug-likeness (QED) is 0.724. The van der Waals surface area contributed by atoms with Gasteiger partial charge in [0.15, 0.2) is 11.5 Å². The lowest BCUT2D eigenvalue weighted by molar-refractivity contribution is 0.373. The lowest BCUT2D eigenvalue weighted by atomic mass is 10.1. The predicted octanol–water partition coefficient (Wildman–Crippen LogP) is 3.65. The fourth-order valence-corrected chi connectivity index (χ4v) is 2.37. The zero-order chi connectivity index (χ0) is 16.4. The van der Waals surface area contributed by atoms with Gasteiger partial charge in [0.25, 0.3) is 0 Å². The number of aromatic hydroxyl groups is 1. The Morgan fingerprint density at radius 3 is 2.83 bits per heavy atom. The molecule has 23 heavy (non-hydrogen) atoms. The minimum Gasteiger partial charge on any atom is -0.504 e. The van der Waals surface area contributed by atoms with Crippen LogP contribution in [0.25, 0.3) is 22.7 Å². The van der Waals surface area contributed by atoms with Crippen LogP contribution >= 0.6 is 0 Å². The number of aromatic amines is 1. The zero-order valence-corrected chi connectivity index (χ0v) is 12.8. The number of hydrogen-bond acceptors (Lipinski definition) is 4. The van der Waals surface area contributed by atoms with Gasteiger partial charge in [-0.15, -0.1) is 0 Å². The van der Waals surface area contributed by atoms with E-state index in [1.54, 1.807) is 24.3 Å². The molecule has 0 saturated carbocycles. The number of aryl methyl sites for hydroxylation is 1. The smallest absolute Gasteiger partial charge is 0.160 e. The molecule has 1 heterocycles. The number of fused-ring (bicyclic) bond motifs is 1. The number of rotatable bonds is 3. The first-order valence-corrected chi connectivity index (χ1v) is 7.06. The average Bonchev–Trinajstić information content (AvgIpc) is 2.95. The molecule has 0 aliphatic rings. The van der Waals surface area contributed by atoms with E-state index in [9.17, 15) is 10.4 Å². The van der Waals surface area contributed by atoms with Crippen LogP contribution < -0.4 is 4.74 Å². The number of nitrogens with zero attached hydrogens (tertiary/aromatic N) is 2. The Morgan fingerprint density at radius 2 is 2.13 bits per heavy atom. The highest BCUT2D eigenvalue weighted by Gasteiger charge is 2.09. The van der Waals surface area contributed by atoms with Crippen molar-refractivity contribution in [2.24, 2.45) is 0 Å². The average molecular weight is 305 g/mol. The topological polar surface area (TPSA) is 81.9 Å². The van der Waals surface area contributed by atoms with Gasteiger partial charge in [-0.2, -0.15) is 5.26 Å². The number of benzene rings is 2. The van der Waals surface area contributed by atoms with Crippen molar-refractivity contribution in [1.29, 1.82) is 5.26 Å². The molecule has 2 aromatic carbocycles. The van der Waals surface area contributed by atoms with E-state index in [1.165, 1.54) is 7.11 Å². The summed E-state index contributed by atoms with van der Waals surface area (Å²) in [5.74, 6) is 0.919. The number of nitriles is 1. The van der Waals surface area contributed by atoms with Crippen molar-refractivity contribution in [3.8, 4) is 17.6 Å². The molecule has 2 N–H and O–H groups in total. The SMILES string of the molecule is COc1ccc(/C=C(/C#N)c2nc3ccc(C)cc3[nH]2)cc1O. The molecule has 3 aromatic rings. The third-order valence-electron chi connectivity index (χ3n) is 3.53. The first-order chi connectivity index (χ1) is 11.1. The number of phenols is 1. The highest BCUT2D eigenvalue weighted by atomic mass is 16.5. The lowest BCUT2D eigenvalue weighted by Gasteiger charge is -2.03. The normalized spacial score (nSPS) is 11.4. The highest BCUT2D eigenvalue weighted by Crippen LogP contribution is 2.28. The summed E-state index contributed by atoms with van der Waals surface area (Å²) in [6.45, 7) is 2.00. The van der Waals surface area contributed by atoms with E-state index < -0.39 is 0 Å². The van der Waals surface area contributed by atoms with E-state index in [0.717, 1.165) is 16.6 Å². The molecule has 5 heteroatoms. The summed E-state index contributed by atoms with van der Waals surface area (Å²) < 4.78 is 5.01. The lowest BCUT2D eigenvalue weighted by Crippen LogP contribution is -1.86. The van der Waals surface area contributed by atoms with Gasteiger partial charge in [0.2, 0.25) is 0 Å². The van der Waals surface area contributed by atoms with E-state index in [0.29, 0.717) is 22.7 Å². The number of ether oxygens (including phenoxy) is 1. The van der Waals surface area contributed by atoms with Crippen LogP contribution in [0.3, 0.4) is 0 Å². The minimum atomic E-state index is 0.0266. The van der Waals surface area contributed by atoms with Crippen LogP contribution in [0.4, 0.5) is 0 Å². The second-order valence-electron chi connectivity index (χ2n) is 5.21. The van der Waals surface area contributed by atoms with Crippen LogP contribution in [0.1, 0.15) is 17.0 Å². The molecule has 0 amide bonds. The van der Waals surface area contributed by atoms with Gasteiger partial charge in [-0.1, -0.05) is 12.1 Å². The van der Waals surface area contributed by atoms with E-state index in [2.05, 4.69) is 16.0 Å². The molecule has 0 spiro atoms. The molecule has 1 aromatic heterocycles. The van der Waals surface area contributed by atoms with Crippen molar-refractivity contribution < 1.29 is 9.84 Å². The molecule has 0 radical (unpaired) electrons. The van der Waals surface area contributed by atoms with Gasteiger partial charge < -0.3 is 14.8 Å². The predicted molar refractivity (Wildman–Crippen MR) is 89.0 cm³/mol. The van der Waals surface area contributed by atoms with Crippen molar-refractivity contribution in [3.05, 3.63) is 53.3 Å². The van der Waals surface area contributed by atoms with Crippen molar-refractivity contribution in [2.45, 2.75) is 6.92 Å². The number of nitrogens with one attached hydrogen (secondary N) is 1. The van der Waals surface area contributed by atoms with Crippen LogP contribution in [-0.4, -0.2) is 22.2 Å². The van der Waals surface area contributed by atoms with E-state index in [1.807, 2.05) is 25.1 Å². The molecule has 0 fully saturated rings. The third kappa shape index (κ3) is 2.87. The monoisotopic (exact) mass is 305 g/mol. The largest absolute Gasteiger partial charge is 0.504 e. The van der Waals surface area contributed by atoms with Crippen LogP contribution in [0.15, 0.2) is 36.4 Å². The van der Waals surface area contributed by atoms with Crippen molar-refractivity contribution in [3.63, 3.8) is 0 Å². The molecule has 0 unspecified atom stereocenters. The van der Waals surface area contributed by atoms with Crippen LogP contribution in [0, 0.1) is 18.3 Å². The maximum absolute atomic E-state index is 9.83. The van der Waals surface area contributed by atoms with Crippen LogP contribution in [-0.2, 0) is 0 Å². The maximum atomic E-state index is 9.83. The van der Waals surface area contributed by atoms with E-state index in [4.69, 9.17) is 4.74 Å². The molecule has 0 bridgehead atoms. The van der Waals surface area contributed by atoms with E-state index in [-0.39, 0.29) is 5.75 Å². The summed E-state index contributed by atoms with van der Waals surface area (Å²) in [4.78, 5) is 7.60. The Balaban J connectivity index is 2.04. The molecule has 3 rings (SSSR count).